The number of benzene rings is 2. The number of amides is 2. The fourth-order valence-electron chi connectivity index (χ4n) is 2.47. The number of hydrogen-bond donors (Lipinski definition) is 2. The van der Waals surface area contributed by atoms with Gasteiger partial charge in [0.15, 0.2) is 0 Å². The van der Waals surface area contributed by atoms with Crippen LogP contribution in [0.4, 0.5) is 0 Å². The fraction of sp³-hybridized carbons (Fsp3) is 0.136. The topological polar surface area (TPSA) is 80.3 Å². The minimum Gasteiger partial charge on any atom is -0.489 e. The number of hydrogen-bond acceptors (Lipinski definition) is 4. The quantitative estimate of drug-likeness (QED) is 0.634. The maximum atomic E-state index is 11.9. The Labute approximate surface area is 163 Å². The van der Waals surface area contributed by atoms with Crippen LogP contribution < -0.4 is 15.4 Å². The summed E-state index contributed by atoms with van der Waals surface area (Å²) in [5.74, 6) is 0.223. The summed E-state index contributed by atoms with van der Waals surface area (Å²) in [5.41, 5.74) is 2.46. The largest absolute Gasteiger partial charge is 0.489 e. The minimum absolute atomic E-state index is 0.0694. The van der Waals surface area contributed by atoms with Crippen molar-refractivity contribution in [3.8, 4) is 5.75 Å². The van der Waals surface area contributed by atoms with Gasteiger partial charge in [-0.05, 0) is 35.9 Å². The second-order valence-corrected chi connectivity index (χ2v) is 6.12. The highest BCUT2D eigenvalue weighted by Gasteiger charge is 2.07. The Kier molecular flexibility index (Phi) is 6.73. The molecule has 0 saturated heterocycles. The number of ether oxygens (including phenoxy) is 1. The monoisotopic (exact) mass is 375 g/mol. The molecule has 3 rings (SSSR count). The third kappa shape index (κ3) is 5.95. The summed E-state index contributed by atoms with van der Waals surface area (Å²) in [6.07, 6.45) is 3.49. The third-order valence-electron chi connectivity index (χ3n) is 3.99. The maximum absolute atomic E-state index is 11.9. The highest BCUT2D eigenvalue weighted by Crippen LogP contribution is 2.14. The lowest BCUT2D eigenvalue weighted by Gasteiger charge is -2.09. The molecule has 0 saturated carbocycles. The van der Waals surface area contributed by atoms with Gasteiger partial charge in [0.05, 0.1) is 6.54 Å². The lowest BCUT2D eigenvalue weighted by atomic mass is 10.2. The number of rotatable bonds is 8. The van der Waals surface area contributed by atoms with E-state index in [-0.39, 0.29) is 18.4 Å². The van der Waals surface area contributed by atoms with Crippen molar-refractivity contribution in [2.24, 2.45) is 0 Å². The van der Waals surface area contributed by atoms with Gasteiger partial charge >= 0.3 is 0 Å². The second kappa shape index (κ2) is 9.87. The molecule has 2 amide bonds. The van der Waals surface area contributed by atoms with Crippen LogP contribution in [0.3, 0.4) is 0 Å². The molecule has 0 aliphatic carbocycles. The number of nitrogens with zero attached hydrogens (tertiary/aromatic N) is 1. The van der Waals surface area contributed by atoms with Gasteiger partial charge in [0.1, 0.15) is 12.4 Å². The van der Waals surface area contributed by atoms with Crippen molar-refractivity contribution in [3.05, 3.63) is 95.8 Å². The van der Waals surface area contributed by atoms with E-state index in [1.807, 2.05) is 42.5 Å². The van der Waals surface area contributed by atoms with E-state index < -0.39 is 0 Å². The Morgan fingerprint density at radius 2 is 1.64 bits per heavy atom. The van der Waals surface area contributed by atoms with Crippen molar-refractivity contribution in [1.29, 1.82) is 0 Å². The molecular weight excluding hydrogens is 354 g/mol. The summed E-state index contributed by atoms with van der Waals surface area (Å²) >= 11 is 0. The highest BCUT2D eigenvalue weighted by molar-refractivity contribution is 5.96. The summed E-state index contributed by atoms with van der Waals surface area (Å²) in [4.78, 5) is 27.9. The molecule has 0 unspecified atom stereocenters. The van der Waals surface area contributed by atoms with Crippen LogP contribution in [0.1, 0.15) is 21.5 Å². The molecule has 142 valence electrons. The van der Waals surface area contributed by atoms with Crippen LogP contribution in [-0.4, -0.2) is 23.3 Å². The molecule has 28 heavy (non-hydrogen) atoms. The molecule has 0 bridgehead atoms. The SMILES string of the molecule is O=C(CNC(=O)c1ccccc1)NCc1ccc(OCc2cccnc2)cc1. The highest BCUT2D eigenvalue weighted by atomic mass is 16.5. The summed E-state index contributed by atoms with van der Waals surface area (Å²) in [7, 11) is 0. The Morgan fingerprint density at radius 1 is 0.857 bits per heavy atom. The van der Waals surface area contributed by atoms with Gasteiger partial charge < -0.3 is 15.4 Å². The third-order valence-corrected chi connectivity index (χ3v) is 3.99. The van der Waals surface area contributed by atoms with Crippen molar-refractivity contribution in [2.75, 3.05) is 6.54 Å². The molecule has 0 radical (unpaired) electrons. The predicted octanol–water partition coefficient (Wildman–Crippen LogP) is 2.71. The zero-order valence-electron chi connectivity index (χ0n) is 15.3. The Bertz CT molecular complexity index is 897. The van der Waals surface area contributed by atoms with E-state index in [9.17, 15) is 9.59 Å². The lowest BCUT2D eigenvalue weighted by molar-refractivity contribution is -0.120. The van der Waals surface area contributed by atoms with E-state index in [0.29, 0.717) is 18.7 Å². The molecule has 0 atom stereocenters. The molecule has 6 nitrogen and oxygen atoms in total. The van der Waals surface area contributed by atoms with Gasteiger partial charge in [0, 0.05) is 30.1 Å². The van der Waals surface area contributed by atoms with Gasteiger partial charge in [-0.2, -0.15) is 0 Å². The van der Waals surface area contributed by atoms with Gasteiger partial charge in [0.2, 0.25) is 5.91 Å². The first-order chi connectivity index (χ1) is 13.7. The zero-order valence-corrected chi connectivity index (χ0v) is 15.3. The first-order valence-corrected chi connectivity index (χ1v) is 8.91. The van der Waals surface area contributed by atoms with E-state index >= 15 is 0 Å². The molecule has 0 spiro atoms. The molecular formula is C22H21N3O3. The Hall–Kier alpha value is -3.67. The van der Waals surface area contributed by atoms with Gasteiger partial charge in [-0.3, -0.25) is 14.6 Å². The second-order valence-electron chi connectivity index (χ2n) is 6.12. The minimum atomic E-state index is -0.272. The molecule has 6 heteroatoms. The number of aromatic nitrogens is 1. The van der Waals surface area contributed by atoms with E-state index in [1.165, 1.54) is 0 Å². The zero-order chi connectivity index (χ0) is 19.6. The van der Waals surface area contributed by atoms with Crippen molar-refractivity contribution in [1.82, 2.24) is 15.6 Å². The first kappa shape index (κ1) is 19.1. The smallest absolute Gasteiger partial charge is 0.251 e. The fourth-order valence-corrected chi connectivity index (χ4v) is 2.47. The molecule has 1 aromatic heterocycles. The molecule has 0 fully saturated rings. The van der Waals surface area contributed by atoms with E-state index in [4.69, 9.17) is 4.74 Å². The Morgan fingerprint density at radius 3 is 2.36 bits per heavy atom. The summed E-state index contributed by atoms with van der Waals surface area (Å²) in [6, 6.07) is 20.1. The van der Waals surface area contributed by atoms with Gasteiger partial charge in [-0.15, -0.1) is 0 Å². The number of carbonyl (C=O) groups excluding carboxylic acids is 2. The van der Waals surface area contributed by atoms with Gasteiger partial charge in [0.25, 0.3) is 5.91 Å². The Balaban J connectivity index is 1.39. The first-order valence-electron chi connectivity index (χ1n) is 8.91. The summed E-state index contributed by atoms with van der Waals surface area (Å²) in [6.45, 7) is 0.758. The van der Waals surface area contributed by atoms with Crippen molar-refractivity contribution in [3.63, 3.8) is 0 Å². The molecule has 1 heterocycles. The van der Waals surface area contributed by atoms with Crippen LogP contribution in [0.15, 0.2) is 79.1 Å². The summed E-state index contributed by atoms with van der Waals surface area (Å²) in [5, 5.41) is 5.38. The van der Waals surface area contributed by atoms with Crippen LogP contribution in [0, 0.1) is 0 Å². The predicted molar refractivity (Wildman–Crippen MR) is 106 cm³/mol. The standard InChI is InChI=1S/C22H21N3O3/c26-21(15-25-22(27)19-6-2-1-3-7-19)24-14-17-8-10-20(11-9-17)28-16-18-5-4-12-23-13-18/h1-13H,14-16H2,(H,24,26)(H,25,27). The van der Waals surface area contributed by atoms with Crippen LogP contribution in [0.2, 0.25) is 0 Å². The number of carbonyl (C=O) groups is 2. The normalized spacial score (nSPS) is 10.1. The molecule has 0 aliphatic rings. The molecule has 3 aromatic rings. The van der Waals surface area contributed by atoms with Gasteiger partial charge in [-0.1, -0.05) is 36.4 Å². The van der Waals surface area contributed by atoms with E-state index in [2.05, 4.69) is 15.6 Å². The van der Waals surface area contributed by atoms with Crippen molar-refractivity contribution < 1.29 is 14.3 Å². The number of pyridine rings is 1. The molecule has 2 N–H and O–H groups in total. The molecule has 2 aromatic carbocycles. The van der Waals surface area contributed by atoms with Crippen LogP contribution >= 0.6 is 0 Å². The average molecular weight is 375 g/mol. The van der Waals surface area contributed by atoms with Crippen LogP contribution in [-0.2, 0) is 17.9 Å². The lowest BCUT2D eigenvalue weighted by Crippen LogP contribution is -2.36. The van der Waals surface area contributed by atoms with E-state index in [0.717, 1.165) is 16.9 Å². The van der Waals surface area contributed by atoms with Crippen LogP contribution in [0.5, 0.6) is 5.75 Å². The average Bonchev–Trinajstić information content (AvgIpc) is 2.76. The summed E-state index contributed by atoms with van der Waals surface area (Å²) < 4.78 is 5.70. The van der Waals surface area contributed by atoms with Crippen molar-refractivity contribution >= 4 is 11.8 Å². The maximum Gasteiger partial charge on any atom is 0.251 e. The molecule has 0 aliphatic heterocycles. The van der Waals surface area contributed by atoms with Crippen molar-refractivity contribution in [2.45, 2.75) is 13.2 Å². The van der Waals surface area contributed by atoms with Gasteiger partial charge in [-0.25, -0.2) is 0 Å². The van der Waals surface area contributed by atoms with E-state index in [1.54, 1.807) is 36.7 Å². The number of nitrogens with one attached hydrogen (secondary N) is 2. The van der Waals surface area contributed by atoms with Crippen LogP contribution in [0.25, 0.3) is 0 Å².